The molecule has 0 spiro atoms. The molecule has 214 valence electrons. The third-order valence-electron chi connectivity index (χ3n) is 5.11. The van der Waals surface area contributed by atoms with Gasteiger partial charge in [0.15, 0.2) is 0 Å². The molecule has 4 aliphatic heterocycles. The zero-order valence-corrected chi connectivity index (χ0v) is 26.5. The minimum Gasteiger partial charge on any atom is -1.00 e. The summed E-state index contributed by atoms with van der Waals surface area (Å²) in [6.45, 7) is 9.25. The van der Waals surface area contributed by atoms with Gasteiger partial charge in [-0.2, -0.15) is 0 Å². The monoisotopic (exact) mass is 562 g/mol. The second-order valence-corrected chi connectivity index (χ2v) is 8.16. The van der Waals surface area contributed by atoms with Crippen molar-refractivity contribution in [2.45, 2.75) is 0 Å². The third-order valence-corrected chi connectivity index (χ3v) is 5.11. The number of hydrogen-bond donors (Lipinski definition) is 5. The molecule has 4 amide bonds. The van der Waals surface area contributed by atoms with Gasteiger partial charge < -0.3 is 37.6 Å². The van der Waals surface area contributed by atoms with E-state index in [1.165, 1.54) is 6.38 Å². The number of carbonyl (C=O) groups excluding carboxylic acids is 4. The van der Waals surface area contributed by atoms with Crippen molar-refractivity contribution in [2.24, 2.45) is 0 Å². The first-order chi connectivity index (χ1) is 17.2. The van der Waals surface area contributed by atoms with Crippen molar-refractivity contribution in [1.82, 2.24) is 40.9 Å². The molecule has 0 radical (unpaired) electrons. The number of rotatable bonds is 0. The second kappa shape index (κ2) is 26.6. The minimum atomic E-state index is 0. The molecule has 15 heteroatoms. The summed E-state index contributed by atoms with van der Waals surface area (Å²) in [5.74, 6) is 0.657. The Kier molecular flexibility index (Phi) is 29.1. The zero-order chi connectivity index (χ0) is 27.9. The van der Waals surface area contributed by atoms with Gasteiger partial charge in [-0.1, -0.05) is 0 Å². The van der Waals surface area contributed by atoms with Gasteiger partial charge >= 0.3 is 29.6 Å². The number of hydrogen-bond acceptors (Lipinski definition) is 9. The van der Waals surface area contributed by atoms with E-state index in [4.69, 9.17) is 5.11 Å². The molecule has 0 saturated carbocycles. The summed E-state index contributed by atoms with van der Waals surface area (Å²) in [6, 6.07) is 0. The van der Waals surface area contributed by atoms with E-state index in [0.717, 1.165) is 59.5 Å². The fourth-order valence-electron chi connectivity index (χ4n) is 2.90. The fraction of sp³-hybridized carbons (Fsp3) is 0.818. The Morgan fingerprint density at radius 3 is 1.51 bits per heavy atom. The molecule has 0 atom stereocenters. The van der Waals surface area contributed by atoms with Gasteiger partial charge in [0.1, 0.15) is 0 Å². The van der Waals surface area contributed by atoms with Crippen LogP contribution in [0.25, 0.3) is 0 Å². The molecule has 5 N–H and O–H groups in total. The summed E-state index contributed by atoms with van der Waals surface area (Å²) in [6.07, 6.45) is 1.47. The first-order valence-corrected chi connectivity index (χ1v) is 12.6. The van der Waals surface area contributed by atoms with Gasteiger partial charge in [-0.3, -0.25) is 29.0 Å². The van der Waals surface area contributed by atoms with E-state index in [1.54, 1.807) is 9.80 Å². The molecule has 4 fully saturated rings. The summed E-state index contributed by atoms with van der Waals surface area (Å²) >= 11 is 4.64. The molecule has 0 aliphatic carbocycles. The number of amides is 4. The van der Waals surface area contributed by atoms with Gasteiger partial charge in [0.05, 0.1) is 26.2 Å². The quantitative estimate of drug-likeness (QED) is 0.144. The average molecular weight is 563 g/mol. The largest absolute Gasteiger partial charge is 1.00 e. The molecule has 37 heavy (non-hydrogen) atoms. The van der Waals surface area contributed by atoms with Crippen LogP contribution >= 0.6 is 11.6 Å². The van der Waals surface area contributed by atoms with E-state index in [-0.39, 0.29) is 54.6 Å². The number of alkyl halides is 1. The Hall–Kier alpha value is -1.03. The van der Waals surface area contributed by atoms with Crippen LogP contribution < -0.4 is 50.8 Å². The van der Waals surface area contributed by atoms with Gasteiger partial charge in [-0.25, -0.2) is 0 Å². The van der Waals surface area contributed by atoms with Crippen LogP contribution in [0.15, 0.2) is 0 Å². The smallest absolute Gasteiger partial charge is 1.00 e. The standard InChI is InChI=1S/C6H12N2O.2C5H10N2O.C4H8N2O.CH3Cl.CH4O.Na.H/c1-7-3-4-8(2)6(9)5-7;1-7-3-2-6-5(8)4-7;1-7-3-2-6-4-5(7)8;7-4-3-5-1-2-6-4;2*1-2;;/h3-5H2,1-2H3;2-4H2,1H3,(H,6,8);6H,2-4H2,1H3;5H,1-3H2,(H,6,7);1H3;2H,1H3;;/q;;;;;;+1;-1. The topological polar surface area (TPSA) is 150 Å². The van der Waals surface area contributed by atoms with E-state index in [0.29, 0.717) is 26.2 Å². The van der Waals surface area contributed by atoms with Crippen LogP contribution in [0.2, 0.25) is 0 Å². The van der Waals surface area contributed by atoms with E-state index in [1.807, 2.05) is 38.0 Å². The van der Waals surface area contributed by atoms with E-state index >= 15 is 0 Å². The van der Waals surface area contributed by atoms with Gasteiger partial charge in [-0.05, 0) is 14.1 Å². The molecule has 0 aromatic heterocycles. The van der Waals surface area contributed by atoms with Crippen LogP contribution in [0.1, 0.15) is 1.43 Å². The molecule has 0 bridgehead atoms. The van der Waals surface area contributed by atoms with Crippen molar-refractivity contribution in [3.05, 3.63) is 0 Å². The Labute approximate surface area is 250 Å². The Bertz CT molecular complexity index is 635. The number of piperazine rings is 4. The molecular formula is C22H48ClN8NaO5. The minimum absolute atomic E-state index is 0. The predicted octanol–water partition coefficient (Wildman–Crippen LogP) is -6.23. The van der Waals surface area contributed by atoms with E-state index in [9.17, 15) is 19.2 Å². The summed E-state index contributed by atoms with van der Waals surface area (Å²) in [4.78, 5) is 49.9. The van der Waals surface area contributed by atoms with Crippen LogP contribution in [0, 0.1) is 0 Å². The first-order valence-electron chi connectivity index (χ1n) is 11.8. The van der Waals surface area contributed by atoms with Gasteiger partial charge in [0.25, 0.3) is 0 Å². The molecular weight excluding hydrogens is 515 g/mol. The van der Waals surface area contributed by atoms with Gasteiger partial charge in [0, 0.05) is 79.9 Å². The van der Waals surface area contributed by atoms with E-state index in [2.05, 4.69) is 32.9 Å². The average Bonchev–Trinajstić information content (AvgIpc) is 2.88. The maximum atomic E-state index is 10.9. The molecule has 0 aromatic carbocycles. The number of nitrogens with zero attached hydrogens (tertiary/aromatic N) is 4. The van der Waals surface area contributed by atoms with E-state index < -0.39 is 0 Å². The Balaban J connectivity index is -0.000000191. The maximum Gasteiger partial charge on any atom is 1.00 e. The predicted molar refractivity (Wildman–Crippen MR) is 143 cm³/mol. The normalized spacial score (nSPS) is 19.6. The first kappa shape index (κ1) is 40.5. The summed E-state index contributed by atoms with van der Waals surface area (Å²) in [5, 5.41) is 18.3. The van der Waals surface area contributed by atoms with Gasteiger partial charge in [0.2, 0.25) is 23.6 Å². The number of nitrogens with one attached hydrogen (secondary N) is 4. The molecule has 4 saturated heterocycles. The molecule has 0 aromatic rings. The third kappa shape index (κ3) is 22.6. The van der Waals surface area contributed by atoms with Crippen LogP contribution in [0.5, 0.6) is 0 Å². The van der Waals surface area contributed by atoms with Crippen molar-refractivity contribution >= 4 is 35.2 Å². The number of aliphatic hydroxyl groups is 1. The SMILES string of the molecule is CCl.CN1CCN(C)C(=O)C1.CN1CCNC(=O)C1.CN1CCNCC1=O.CO.O=C1CNCCN1.[H-].[Na+]. The maximum absolute atomic E-state index is 10.9. The van der Waals surface area contributed by atoms with Crippen LogP contribution in [0.4, 0.5) is 0 Å². The summed E-state index contributed by atoms with van der Waals surface area (Å²) in [7, 11) is 8.57. The van der Waals surface area contributed by atoms with Crippen LogP contribution in [-0.4, -0.2) is 169 Å². The van der Waals surface area contributed by atoms with Crippen LogP contribution in [-0.2, 0) is 19.2 Å². The van der Waals surface area contributed by atoms with Crippen molar-refractivity contribution in [3.8, 4) is 0 Å². The number of carbonyl (C=O) groups is 4. The van der Waals surface area contributed by atoms with Crippen molar-refractivity contribution in [3.63, 3.8) is 0 Å². The number of likely N-dealkylation sites (N-methyl/N-ethyl adjacent to an activating group) is 4. The molecule has 4 heterocycles. The molecule has 0 unspecified atom stereocenters. The second-order valence-electron chi connectivity index (χ2n) is 8.16. The summed E-state index contributed by atoms with van der Waals surface area (Å²) < 4.78 is 0. The molecule has 4 rings (SSSR count). The van der Waals surface area contributed by atoms with Gasteiger partial charge in [-0.15, -0.1) is 11.6 Å². The van der Waals surface area contributed by atoms with Crippen molar-refractivity contribution < 1.29 is 55.3 Å². The number of aliphatic hydroxyl groups excluding tert-OH is 1. The summed E-state index contributed by atoms with van der Waals surface area (Å²) in [5.41, 5.74) is 0. The van der Waals surface area contributed by atoms with Crippen LogP contribution in [0.3, 0.4) is 0 Å². The van der Waals surface area contributed by atoms with Crippen molar-refractivity contribution in [2.75, 3.05) is 120 Å². The molecule has 4 aliphatic rings. The Morgan fingerprint density at radius 2 is 1.19 bits per heavy atom. The Morgan fingerprint density at radius 1 is 0.649 bits per heavy atom. The molecule has 13 nitrogen and oxygen atoms in total. The fourth-order valence-corrected chi connectivity index (χ4v) is 2.90. The van der Waals surface area contributed by atoms with Crippen molar-refractivity contribution in [1.29, 1.82) is 0 Å². The zero-order valence-electron chi connectivity index (χ0n) is 24.7. The number of halogens is 1.